The number of alkyl carbamates (subject to hydrolysis) is 1. The Balaban J connectivity index is 1.43. The molecule has 34 heavy (non-hydrogen) atoms. The molecule has 1 saturated carbocycles. The number of carbonyl (C=O) groups is 3. The lowest BCUT2D eigenvalue weighted by molar-refractivity contribution is -0.143. The van der Waals surface area contributed by atoms with Gasteiger partial charge in [-0.15, -0.1) is 0 Å². The van der Waals surface area contributed by atoms with Gasteiger partial charge in [0.15, 0.2) is 0 Å². The van der Waals surface area contributed by atoms with Gasteiger partial charge >= 0.3 is 12.1 Å². The van der Waals surface area contributed by atoms with E-state index in [0.29, 0.717) is 12.2 Å². The zero-order valence-electron chi connectivity index (χ0n) is 19.4. The maximum atomic E-state index is 13.1. The fourth-order valence-corrected chi connectivity index (χ4v) is 5.12. The van der Waals surface area contributed by atoms with Crippen molar-refractivity contribution in [3.63, 3.8) is 0 Å². The van der Waals surface area contributed by atoms with Crippen LogP contribution in [0.15, 0.2) is 48.5 Å². The minimum atomic E-state index is -1.23. The molecule has 0 heterocycles. The van der Waals surface area contributed by atoms with Gasteiger partial charge in [-0.2, -0.15) is 11.8 Å². The Hall–Kier alpha value is -3.00. The molecule has 0 saturated heterocycles. The molecule has 2 aromatic rings. The molecule has 2 atom stereocenters. The number of fused-ring (bicyclic) bond motifs is 3. The van der Waals surface area contributed by atoms with Crippen molar-refractivity contribution in [1.29, 1.82) is 0 Å². The summed E-state index contributed by atoms with van der Waals surface area (Å²) in [6.45, 7) is 1.79. The Morgan fingerprint density at radius 1 is 1.09 bits per heavy atom. The number of aliphatic carboxylic acids is 1. The van der Waals surface area contributed by atoms with Crippen LogP contribution in [-0.2, 0) is 14.3 Å². The molecule has 8 heteroatoms. The highest BCUT2D eigenvalue weighted by Gasteiger charge is 2.49. The first-order valence-electron chi connectivity index (χ1n) is 11.5. The Kier molecular flexibility index (Phi) is 7.16. The van der Waals surface area contributed by atoms with E-state index in [0.717, 1.165) is 35.1 Å². The normalized spacial score (nSPS) is 17.1. The number of nitrogens with one attached hydrogen (secondary N) is 2. The number of thioether (sulfide) groups is 1. The predicted octanol–water partition coefficient (Wildman–Crippen LogP) is 4.02. The number of amides is 2. The Morgan fingerprint density at radius 3 is 2.21 bits per heavy atom. The number of benzene rings is 2. The molecule has 0 radical (unpaired) electrons. The molecule has 2 aliphatic carbocycles. The summed E-state index contributed by atoms with van der Waals surface area (Å²) in [5.41, 5.74) is 3.27. The zero-order chi connectivity index (χ0) is 24.3. The summed E-state index contributed by atoms with van der Waals surface area (Å²) in [6.07, 6.45) is 3.09. The standard InChI is InChI=1S/C26H30N2O5S/c1-26(16-11-12-16,24(31)27-22(23(29)30)13-14-34-2)28-25(32)33-15-21-19-9-5-3-7-17(19)18-8-4-6-10-20(18)21/h3-10,16,21-22H,11-15H2,1-2H3,(H,27,31)(H,28,32)(H,29,30). The molecule has 2 aliphatic rings. The minimum absolute atomic E-state index is 0.0528. The van der Waals surface area contributed by atoms with Crippen LogP contribution in [0.25, 0.3) is 11.1 Å². The lowest BCUT2D eigenvalue weighted by Crippen LogP contribution is -2.61. The number of rotatable bonds is 10. The molecule has 0 aromatic heterocycles. The fraction of sp³-hybridized carbons (Fsp3) is 0.423. The van der Waals surface area contributed by atoms with E-state index in [4.69, 9.17) is 4.74 Å². The van der Waals surface area contributed by atoms with Gasteiger partial charge < -0.3 is 20.5 Å². The van der Waals surface area contributed by atoms with E-state index in [1.165, 1.54) is 11.8 Å². The number of hydrogen-bond acceptors (Lipinski definition) is 5. The van der Waals surface area contributed by atoms with Crippen LogP contribution in [0.3, 0.4) is 0 Å². The second kappa shape index (κ2) is 10.1. The van der Waals surface area contributed by atoms with Crippen LogP contribution in [0.2, 0.25) is 0 Å². The van der Waals surface area contributed by atoms with Crippen molar-refractivity contribution in [2.75, 3.05) is 18.6 Å². The van der Waals surface area contributed by atoms with Gasteiger partial charge in [-0.1, -0.05) is 48.5 Å². The Bertz CT molecular complexity index is 1040. The van der Waals surface area contributed by atoms with Gasteiger partial charge in [-0.3, -0.25) is 4.79 Å². The molecule has 4 rings (SSSR count). The third-order valence-corrected chi connectivity index (χ3v) is 7.43. The number of carboxylic acids is 1. The van der Waals surface area contributed by atoms with Gasteiger partial charge in [-0.25, -0.2) is 9.59 Å². The first-order chi connectivity index (χ1) is 16.3. The SMILES string of the molecule is CSCCC(NC(=O)C(C)(NC(=O)OCC1c2ccccc2-c2ccccc21)C1CC1)C(=O)O. The van der Waals surface area contributed by atoms with Crippen LogP contribution in [0, 0.1) is 5.92 Å². The molecule has 1 fully saturated rings. The molecule has 0 bridgehead atoms. The molecule has 2 unspecified atom stereocenters. The summed E-state index contributed by atoms with van der Waals surface area (Å²) in [6, 6.07) is 15.2. The molecule has 7 nitrogen and oxygen atoms in total. The van der Waals surface area contributed by atoms with Crippen LogP contribution in [0.1, 0.15) is 43.2 Å². The number of ether oxygens (including phenoxy) is 1. The average Bonchev–Trinajstić information content (AvgIpc) is 3.64. The van der Waals surface area contributed by atoms with Crippen LogP contribution in [0.5, 0.6) is 0 Å². The zero-order valence-corrected chi connectivity index (χ0v) is 20.2. The molecule has 0 aliphatic heterocycles. The van der Waals surface area contributed by atoms with Crippen molar-refractivity contribution < 1.29 is 24.2 Å². The van der Waals surface area contributed by atoms with Crippen LogP contribution in [-0.4, -0.2) is 53.3 Å². The summed E-state index contributed by atoms with van der Waals surface area (Å²) >= 11 is 1.52. The minimum Gasteiger partial charge on any atom is -0.480 e. The smallest absolute Gasteiger partial charge is 0.408 e. The lowest BCUT2D eigenvalue weighted by atomic mass is 9.94. The maximum Gasteiger partial charge on any atom is 0.408 e. The molecular weight excluding hydrogens is 452 g/mol. The van der Waals surface area contributed by atoms with Gasteiger partial charge in [0.25, 0.3) is 0 Å². The molecule has 180 valence electrons. The predicted molar refractivity (Wildman–Crippen MR) is 132 cm³/mol. The van der Waals surface area contributed by atoms with Crippen molar-refractivity contribution in [1.82, 2.24) is 10.6 Å². The van der Waals surface area contributed by atoms with Gasteiger partial charge in [-0.05, 0) is 66.4 Å². The van der Waals surface area contributed by atoms with Crippen molar-refractivity contribution in [3.05, 3.63) is 59.7 Å². The first-order valence-corrected chi connectivity index (χ1v) is 12.9. The first kappa shape index (κ1) is 24.1. The third kappa shape index (κ3) is 4.92. The van der Waals surface area contributed by atoms with Crippen molar-refractivity contribution >= 4 is 29.7 Å². The van der Waals surface area contributed by atoms with Gasteiger partial charge in [0.05, 0.1) is 0 Å². The lowest BCUT2D eigenvalue weighted by Gasteiger charge is -2.31. The Labute approximate surface area is 203 Å². The van der Waals surface area contributed by atoms with Crippen LogP contribution >= 0.6 is 11.8 Å². The number of hydrogen-bond donors (Lipinski definition) is 3. The van der Waals surface area contributed by atoms with Crippen molar-refractivity contribution in [2.45, 2.75) is 43.7 Å². The van der Waals surface area contributed by atoms with E-state index < -0.39 is 29.6 Å². The highest BCUT2D eigenvalue weighted by molar-refractivity contribution is 7.98. The van der Waals surface area contributed by atoms with Crippen LogP contribution in [0.4, 0.5) is 4.79 Å². The molecule has 2 aromatic carbocycles. The summed E-state index contributed by atoms with van der Waals surface area (Å²) < 4.78 is 5.63. The van der Waals surface area contributed by atoms with E-state index >= 15 is 0 Å². The largest absolute Gasteiger partial charge is 0.480 e. The monoisotopic (exact) mass is 482 g/mol. The molecule has 2 amide bonds. The maximum absolute atomic E-state index is 13.1. The van der Waals surface area contributed by atoms with E-state index in [1.807, 2.05) is 42.7 Å². The van der Waals surface area contributed by atoms with E-state index in [2.05, 4.69) is 22.8 Å². The quantitative estimate of drug-likeness (QED) is 0.473. The van der Waals surface area contributed by atoms with Gasteiger partial charge in [0.1, 0.15) is 18.2 Å². The number of carbonyl (C=O) groups excluding carboxylic acids is 2. The highest BCUT2D eigenvalue weighted by atomic mass is 32.2. The second-order valence-electron chi connectivity index (χ2n) is 9.07. The van der Waals surface area contributed by atoms with Crippen molar-refractivity contribution in [2.24, 2.45) is 5.92 Å². The second-order valence-corrected chi connectivity index (χ2v) is 10.1. The molecule has 0 spiro atoms. The van der Waals surface area contributed by atoms with Gasteiger partial charge in [0, 0.05) is 5.92 Å². The Morgan fingerprint density at radius 2 is 1.68 bits per heavy atom. The summed E-state index contributed by atoms with van der Waals surface area (Å²) in [4.78, 5) is 37.5. The summed E-state index contributed by atoms with van der Waals surface area (Å²) in [7, 11) is 0. The van der Waals surface area contributed by atoms with Gasteiger partial charge in [0.2, 0.25) is 5.91 Å². The molecular formula is C26H30N2O5S. The third-order valence-electron chi connectivity index (χ3n) is 6.79. The average molecular weight is 483 g/mol. The highest BCUT2D eigenvalue weighted by Crippen LogP contribution is 2.44. The van der Waals surface area contributed by atoms with E-state index in [9.17, 15) is 19.5 Å². The number of carboxylic acid groups (broad SMARTS) is 1. The van der Waals surface area contributed by atoms with E-state index in [1.54, 1.807) is 6.92 Å². The summed E-state index contributed by atoms with van der Waals surface area (Å²) in [5.74, 6) is -1.10. The fourth-order valence-electron chi connectivity index (χ4n) is 4.65. The van der Waals surface area contributed by atoms with Crippen molar-refractivity contribution in [3.8, 4) is 11.1 Å². The van der Waals surface area contributed by atoms with Crippen LogP contribution < -0.4 is 10.6 Å². The summed E-state index contributed by atoms with van der Waals surface area (Å²) in [5, 5.41) is 14.9. The molecule has 3 N–H and O–H groups in total. The van der Waals surface area contributed by atoms with E-state index in [-0.39, 0.29) is 18.4 Å². The topological polar surface area (TPSA) is 105 Å².